The molecule has 0 aliphatic carbocycles. The van der Waals surface area contributed by atoms with Gasteiger partial charge in [0.2, 0.25) is 5.91 Å². The number of aromatic nitrogens is 1. The van der Waals surface area contributed by atoms with Crippen molar-refractivity contribution < 1.29 is 14.3 Å². The van der Waals surface area contributed by atoms with Crippen LogP contribution in [0.15, 0.2) is 31.0 Å². The lowest BCUT2D eigenvalue weighted by molar-refractivity contribution is -0.141. The first kappa shape index (κ1) is 22.6. The van der Waals surface area contributed by atoms with Crippen molar-refractivity contribution in [2.75, 3.05) is 45.9 Å². The maximum Gasteiger partial charge on any atom is 0.248 e. The van der Waals surface area contributed by atoms with Crippen molar-refractivity contribution in [3.05, 3.63) is 42.2 Å². The van der Waals surface area contributed by atoms with Gasteiger partial charge in [-0.25, -0.2) is 0 Å². The number of Topliss-reactive ketones (excluding diaryl/α,β-unsaturated/α-hetero) is 1. The zero-order valence-corrected chi connectivity index (χ0v) is 18.3. The van der Waals surface area contributed by atoms with E-state index in [0.717, 1.165) is 70.4 Å². The Kier molecular flexibility index (Phi) is 8.16. The lowest BCUT2D eigenvalue weighted by Gasteiger charge is -2.53. The summed E-state index contributed by atoms with van der Waals surface area (Å²) >= 11 is 0. The Hall–Kier alpha value is -2.05. The van der Waals surface area contributed by atoms with Crippen molar-refractivity contribution in [1.29, 1.82) is 0 Å². The highest BCUT2D eigenvalue weighted by Gasteiger charge is 2.45. The standard InChI is InChI=1S/C24H35N3O3/c1-3-4-7-22-9-8-21(15-25-22)6-5-14-30-17-23(29)27-12-10-24(11-13-27)18-26(19-24)16-20(2)28/h3,8-9,15H,1,4-7,10-14,16-19H2,2H3. The van der Waals surface area contributed by atoms with Crippen LogP contribution in [0.25, 0.3) is 0 Å². The molecule has 1 amide bonds. The highest BCUT2D eigenvalue weighted by molar-refractivity contribution is 5.78. The van der Waals surface area contributed by atoms with Crippen LogP contribution in [0.4, 0.5) is 0 Å². The van der Waals surface area contributed by atoms with Gasteiger partial charge in [-0.2, -0.15) is 0 Å². The Bertz CT molecular complexity index is 716. The molecule has 2 fully saturated rings. The number of allylic oxidation sites excluding steroid dienone is 1. The maximum absolute atomic E-state index is 12.4. The second-order valence-electron chi connectivity index (χ2n) is 8.87. The molecule has 164 valence electrons. The summed E-state index contributed by atoms with van der Waals surface area (Å²) in [6.45, 7) is 10.3. The topological polar surface area (TPSA) is 62.7 Å². The molecular formula is C24H35N3O3. The van der Waals surface area contributed by atoms with Gasteiger partial charge in [0.05, 0.1) is 6.54 Å². The third kappa shape index (κ3) is 6.47. The fraction of sp³-hybridized carbons (Fsp3) is 0.625. The van der Waals surface area contributed by atoms with Crippen molar-refractivity contribution in [2.45, 2.75) is 45.4 Å². The predicted molar refractivity (Wildman–Crippen MR) is 117 cm³/mol. The monoisotopic (exact) mass is 413 g/mol. The quantitative estimate of drug-likeness (QED) is 0.412. The van der Waals surface area contributed by atoms with Crippen LogP contribution >= 0.6 is 0 Å². The number of carbonyl (C=O) groups excluding carboxylic acids is 2. The van der Waals surface area contributed by atoms with E-state index < -0.39 is 0 Å². The molecule has 6 heteroatoms. The average molecular weight is 414 g/mol. The number of pyridine rings is 1. The van der Waals surface area contributed by atoms with E-state index in [0.29, 0.717) is 18.6 Å². The van der Waals surface area contributed by atoms with Crippen LogP contribution in [0.5, 0.6) is 0 Å². The van der Waals surface area contributed by atoms with Gasteiger partial charge in [0.15, 0.2) is 0 Å². The Morgan fingerprint density at radius 1 is 1.23 bits per heavy atom. The molecule has 3 heterocycles. The minimum absolute atomic E-state index is 0.0954. The highest BCUT2D eigenvalue weighted by Crippen LogP contribution is 2.40. The van der Waals surface area contributed by atoms with Crippen LogP contribution in [-0.2, 0) is 27.2 Å². The third-order valence-corrected chi connectivity index (χ3v) is 6.21. The Balaban J connectivity index is 1.26. The van der Waals surface area contributed by atoms with Gasteiger partial charge in [-0.1, -0.05) is 12.1 Å². The lowest BCUT2D eigenvalue weighted by Crippen LogP contribution is -2.61. The molecule has 0 aromatic carbocycles. The molecule has 1 spiro atoms. The minimum Gasteiger partial charge on any atom is -0.372 e. The number of ether oxygens (including phenoxy) is 1. The lowest BCUT2D eigenvalue weighted by atomic mass is 9.72. The summed E-state index contributed by atoms with van der Waals surface area (Å²) in [7, 11) is 0. The molecule has 0 unspecified atom stereocenters. The molecule has 6 nitrogen and oxygen atoms in total. The number of nitrogens with zero attached hydrogens (tertiary/aromatic N) is 3. The second kappa shape index (κ2) is 10.8. The Labute approximate surface area is 180 Å². The number of aryl methyl sites for hydroxylation is 2. The van der Waals surface area contributed by atoms with Crippen LogP contribution in [-0.4, -0.2) is 72.4 Å². The number of ketones is 1. The Morgan fingerprint density at radius 2 is 2.00 bits per heavy atom. The van der Waals surface area contributed by atoms with Gasteiger partial charge in [-0.05, 0) is 62.5 Å². The van der Waals surface area contributed by atoms with Crippen molar-refractivity contribution in [1.82, 2.24) is 14.8 Å². The van der Waals surface area contributed by atoms with E-state index in [1.165, 1.54) is 5.56 Å². The van der Waals surface area contributed by atoms with Crippen LogP contribution in [0.2, 0.25) is 0 Å². The van der Waals surface area contributed by atoms with Crippen molar-refractivity contribution in [3.8, 4) is 0 Å². The van der Waals surface area contributed by atoms with Gasteiger partial charge in [-0.3, -0.25) is 19.5 Å². The van der Waals surface area contributed by atoms with Gasteiger partial charge < -0.3 is 9.64 Å². The van der Waals surface area contributed by atoms with Crippen LogP contribution in [0.3, 0.4) is 0 Å². The smallest absolute Gasteiger partial charge is 0.248 e. The van der Waals surface area contributed by atoms with Crippen molar-refractivity contribution in [2.24, 2.45) is 5.41 Å². The van der Waals surface area contributed by atoms with E-state index in [4.69, 9.17) is 4.74 Å². The van der Waals surface area contributed by atoms with Gasteiger partial charge in [0, 0.05) is 44.7 Å². The summed E-state index contributed by atoms with van der Waals surface area (Å²) in [5.41, 5.74) is 2.62. The number of likely N-dealkylation sites (tertiary alicyclic amines) is 2. The largest absolute Gasteiger partial charge is 0.372 e. The van der Waals surface area contributed by atoms with Crippen LogP contribution < -0.4 is 0 Å². The first-order valence-electron chi connectivity index (χ1n) is 11.1. The van der Waals surface area contributed by atoms with Gasteiger partial charge >= 0.3 is 0 Å². The SMILES string of the molecule is C=CCCc1ccc(CCCOCC(=O)N2CCC3(CC2)CN(CC(C)=O)C3)cn1. The Morgan fingerprint density at radius 3 is 2.63 bits per heavy atom. The molecular weight excluding hydrogens is 378 g/mol. The molecule has 3 rings (SSSR count). The molecule has 0 atom stereocenters. The fourth-order valence-electron chi connectivity index (χ4n) is 4.51. The van der Waals surface area contributed by atoms with E-state index in [-0.39, 0.29) is 18.3 Å². The highest BCUT2D eigenvalue weighted by atomic mass is 16.5. The minimum atomic E-state index is 0.0954. The van der Waals surface area contributed by atoms with E-state index in [1.54, 1.807) is 6.92 Å². The normalized spacial score (nSPS) is 18.2. The summed E-state index contributed by atoms with van der Waals surface area (Å²) < 4.78 is 5.63. The maximum atomic E-state index is 12.4. The number of hydrogen-bond donors (Lipinski definition) is 0. The fourth-order valence-corrected chi connectivity index (χ4v) is 4.51. The number of carbonyl (C=O) groups is 2. The number of rotatable bonds is 11. The van der Waals surface area contributed by atoms with E-state index >= 15 is 0 Å². The van der Waals surface area contributed by atoms with E-state index in [9.17, 15) is 9.59 Å². The predicted octanol–water partition coefficient (Wildman–Crippen LogP) is 2.66. The van der Waals surface area contributed by atoms with Gasteiger partial charge in [-0.15, -0.1) is 6.58 Å². The second-order valence-corrected chi connectivity index (χ2v) is 8.87. The molecule has 0 saturated carbocycles. The first-order chi connectivity index (χ1) is 14.5. The zero-order chi connectivity index (χ0) is 21.4. The molecule has 1 aromatic rings. The number of hydrogen-bond acceptors (Lipinski definition) is 5. The van der Waals surface area contributed by atoms with Gasteiger partial charge in [0.25, 0.3) is 0 Å². The molecule has 30 heavy (non-hydrogen) atoms. The summed E-state index contributed by atoms with van der Waals surface area (Å²) in [5.74, 6) is 0.324. The summed E-state index contributed by atoms with van der Waals surface area (Å²) in [6.07, 6.45) is 9.58. The van der Waals surface area contributed by atoms with Crippen molar-refractivity contribution >= 4 is 11.7 Å². The molecule has 2 aliphatic rings. The number of piperidine rings is 1. The van der Waals surface area contributed by atoms with E-state index in [1.807, 2.05) is 17.2 Å². The third-order valence-electron chi connectivity index (χ3n) is 6.21. The molecule has 0 radical (unpaired) electrons. The summed E-state index contributed by atoms with van der Waals surface area (Å²) in [5, 5.41) is 0. The summed E-state index contributed by atoms with van der Waals surface area (Å²) in [4.78, 5) is 32.3. The van der Waals surface area contributed by atoms with Crippen LogP contribution in [0, 0.1) is 5.41 Å². The van der Waals surface area contributed by atoms with Crippen LogP contribution in [0.1, 0.15) is 43.9 Å². The van der Waals surface area contributed by atoms with E-state index in [2.05, 4.69) is 28.6 Å². The van der Waals surface area contributed by atoms with Gasteiger partial charge in [0.1, 0.15) is 12.4 Å². The molecule has 1 aromatic heterocycles. The molecule has 2 aliphatic heterocycles. The first-order valence-corrected chi connectivity index (χ1v) is 11.1. The molecule has 0 bridgehead atoms. The zero-order valence-electron chi connectivity index (χ0n) is 18.3. The average Bonchev–Trinajstić information content (AvgIpc) is 2.71. The molecule has 0 N–H and O–H groups in total. The van der Waals surface area contributed by atoms with Crippen molar-refractivity contribution in [3.63, 3.8) is 0 Å². The summed E-state index contributed by atoms with van der Waals surface area (Å²) in [6, 6.07) is 4.20. The molecule has 2 saturated heterocycles. The number of amides is 1.